The van der Waals surface area contributed by atoms with Gasteiger partial charge < -0.3 is 4.18 Å². The third-order valence-corrected chi connectivity index (χ3v) is 3.34. The number of aldehydes is 1. The first-order valence-electron chi connectivity index (χ1n) is 5.10. The molecule has 0 fully saturated rings. The molecule has 106 valence electrons. The van der Waals surface area contributed by atoms with Crippen molar-refractivity contribution in [3.8, 4) is 5.75 Å². The molecule has 0 saturated heterocycles. The van der Waals surface area contributed by atoms with Gasteiger partial charge in [-0.3, -0.25) is 9.78 Å². The van der Waals surface area contributed by atoms with Crippen molar-refractivity contribution in [1.29, 1.82) is 0 Å². The third-order valence-electron chi connectivity index (χ3n) is 2.37. The Bertz CT molecular complexity index is 771. The normalized spacial score (nSPS) is 12.3. The van der Waals surface area contributed by atoms with Crippen molar-refractivity contribution in [2.24, 2.45) is 0 Å². The van der Waals surface area contributed by atoms with E-state index in [-0.39, 0.29) is 17.4 Å². The fraction of sp³-hybridized carbons (Fsp3) is 0.0909. The van der Waals surface area contributed by atoms with E-state index in [1.54, 1.807) is 12.1 Å². The van der Waals surface area contributed by atoms with E-state index in [4.69, 9.17) is 0 Å². The topological polar surface area (TPSA) is 73.3 Å². The monoisotopic (exact) mass is 305 g/mol. The van der Waals surface area contributed by atoms with Gasteiger partial charge in [0.05, 0.1) is 11.1 Å². The van der Waals surface area contributed by atoms with Gasteiger partial charge in [0.15, 0.2) is 12.0 Å². The predicted octanol–water partition coefficient (Wildman–Crippen LogP) is 2.28. The molecule has 0 saturated carbocycles. The van der Waals surface area contributed by atoms with Crippen LogP contribution in [-0.4, -0.2) is 25.2 Å². The summed E-state index contributed by atoms with van der Waals surface area (Å²) in [6.45, 7) is 0. The third kappa shape index (κ3) is 2.44. The van der Waals surface area contributed by atoms with Crippen LogP contribution in [0.1, 0.15) is 10.4 Å². The van der Waals surface area contributed by atoms with Gasteiger partial charge in [0.2, 0.25) is 0 Å². The van der Waals surface area contributed by atoms with E-state index >= 15 is 0 Å². The Morgan fingerprint density at radius 2 is 1.90 bits per heavy atom. The van der Waals surface area contributed by atoms with Crippen LogP contribution in [0.5, 0.6) is 5.75 Å². The van der Waals surface area contributed by atoms with Crippen LogP contribution in [0.25, 0.3) is 10.9 Å². The molecule has 0 unspecified atom stereocenters. The number of carbonyl (C=O) groups excluding carboxylic acids is 1. The maximum Gasteiger partial charge on any atom is 0.534 e. The van der Waals surface area contributed by atoms with Gasteiger partial charge in [-0.1, -0.05) is 6.07 Å². The number of fused-ring (bicyclic) bond motifs is 1. The Morgan fingerprint density at radius 1 is 1.20 bits per heavy atom. The van der Waals surface area contributed by atoms with Crippen LogP contribution in [0.4, 0.5) is 13.2 Å². The minimum Gasteiger partial charge on any atom is -0.375 e. The molecular formula is C11H6F3NO4S. The largest absolute Gasteiger partial charge is 0.534 e. The SMILES string of the molecule is O=Cc1c(OS(=O)(=O)C(F)(F)F)ccc2cccnc12. The molecule has 0 bridgehead atoms. The molecule has 5 nitrogen and oxygen atoms in total. The molecule has 20 heavy (non-hydrogen) atoms. The maximum atomic E-state index is 12.3. The zero-order chi connectivity index (χ0) is 15.0. The second-order valence-corrected chi connectivity index (χ2v) is 5.19. The van der Waals surface area contributed by atoms with Crippen LogP contribution in [0.3, 0.4) is 0 Å². The smallest absolute Gasteiger partial charge is 0.375 e. The molecule has 2 rings (SSSR count). The van der Waals surface area contributed by atoms with E-state index in [0.29, 0.717) is 5.39 Å². The van der Waals surface area contributed by atoms with Gasteiger partial charge in [-0.15, -0.1) is 0 Å². The molecule has 9 heteroatoms. The fourth-order valence-corrected chi connectivity index (χ4v) is 1.98. The standard InChI is InChI=1S/C11H6F3NO4S/c12-11(13,14)20(17,18)19-9-4-3-7-2-1-5-15-10(7)8(9)6-16/h1-6H. The number of hydrogen-bond donors (Lipinski definition) is 0. The van der Waals surface area contributed by atoms with Crippen LogP contribution < -0.4 is 4.18 Å². The number of halogens is 3. The van der Waals surface area contributed by atoms with Gasteiger partial charge in [0.25, 0.3) is 0 Å². The summed E-state index contributed by atoms with van der Waals surface area (Å²) in [6.07, 6.45) is 1.51. The van der Waals surface area contributed by atoms with Crippen molar-refractivity contribution in [3.05, 3.63) is 36.0 Å². The number of benzene rings is 1. The molecule has 0 radical (unpaired) electrons. The van der Waals surface area contributed by atoms with Gasteiger partial charge in [0.1, 0.15) is 0 Å². The summed E-state index contributed by atoms with van der Waals surface area (Å²) in [5.74, 6) is -0.719. The maximum absolute atomic E-state index is 12.3. The van der Waals surface area contributed by atoms with Crippen molar-refractivity contribution in [3.63, 3.8) is 0 Å². The Morgan fingerprint density at radius 3 is 2.50 bits per heavy atom. The predicted molar refractivity (Wildman–Crippen MR) is 62.7 cm³/mol. The fourth-order valence-electron chi connectivity index (χ4n) is 1.50. The minimum absolute atomic E-state index is 0.0531. The van der Waals surface area contributed by atoms with Crippen LogP contribution in [0, 0.1) is 0 Å². The first kappa shape index (κ1) is 14.3. The van der Waals surface area contributed by atoms with Gasteiger partial charge in [-0.25, -0.2) is 0 Å². The van der Waals surface area contributed by atoms with Crippen molar-refractivity contribution in [1.82, 2.24) is 4.98 Å². The minimum atomic E-state index is -5.84. The lowest BCUT2D eigenvalue weighted by Crippen LogP contribution is -2.28. The summed E-state index contributed by atoms with van der Waals surface area (Å²) < 4.78 is 62.6. The van der Waals surface area contributed by atoms with E-state index in [1.165, 1.54) is 12.3 Å². The number of pyridine rings is 1. The molecule has 0 aliphatic heterocycles. The average molecular weight is 305 g/mol. The van der Waals surface area contributed by atoms with Gasteiger partial charge in [0, 0.05) is 11.6 Å². The zero-order valence-electron chi connectivity index (χ0n) is 9.59. The lowest BCUT2D eigenvalue weighted by molar-refractivity contribution is -0.0500. The highest BCUT2D eigenvalue weighted by Gasteiger charge is 2.48. The van der Waals surface area contributed by atoms with Crippen molar-refractivity contribution in [2.75, 3.05) is 0 Å². The summed E-state index contributed by atoms with van der Waals surface area (Å²) in [4.78, 5) is 14.8. The van der Waals surface area contributed by atoms with Crippen LogP contribution >= 0.6 is 0 Å². The molecule has 0 amide bonds. The molecule has 2 aromatic rings. The van der Waals surface area contributed by atoms with Crippen LogP contribution in [-0.2, 0) is 10.1 Å². The van der Waals surface area contributed by atoms with Crippen molar-refractivity contribution < 1.29 is 30.6 Å². The Kier molecular flexibility index (Phi) is 3.38. The number of aromatic nitrogens is 1. The number of alkyl halides is 3. The van der Waals surface area contributed by atoms with Crippen molar-refractivity contribution >= 4 is 27.3 Å². The highest BCUT2D eigenvalue weighted by molar-refractivity contribution is 7.88. The summed E-state index contributed by atoms with van der Waals surface area (Å²) in [5, 5.41) is 0.464. The molecule has 1 aromatic heterocycles. The number of hydrogen-bond acceptors (Lipinski definition) is 5. The molecule has 1 heterocycles. The Labute approximate surface area is 111 Å². The first-order valence-corrected chi connectivity index (χ1v) is 6.51. The quantitative estimate of drug-likeness (QED) is 0.494. The van der Waals surface area contributed by atoms with Gasteiger partial charge in [-0.2, -0.15) is 21.6 Å². The summed E-state index contributed by atoms with van der Waals surface area (Å²) in [7, 11) is -5.84. The first-order chi connectivity index (χ1) is 9.26. The number of nitrogens with zero attached hydrogens (tertiary/aromatic N) is 1. The number of rotatable bonds is 3. The molecule has 0 spiro atoms. The number of carbonyl (C=O) groups is 1. The van der Waals surface area contributed by atoms with Crippen LogP contribution in [0.2, 0.25) is 0 Å². The molecule has 0 aliphatic carbocycles. The Hall–Kier alpha value is -2.16. The van der Waals surface area contributed by atoms with Crippen LogP contribution in [0.15, 0.2) is 30.5 Å². The highest BCUT2D eigenvalue weighted by atomic mass is 32.2. The van der Waals surface area contributed by atoms with Gasteiger partial charge >= 0.3 is 15.6 Å². The molecular weight excluding hydrogens is 299 g/mol. The van der Waals surface area contributed by atoms with E-state index in [0.717, 1.165) is 6.07 Å². The summed E-state index contributed by atoms with van der Waals surface area (Å²) in [5.41, 5.74) is -5.89. The lowest BCUT2D eigenvalue weighted by atomic mass is 10.1. The zero-order valence-corrected chi connectivity index (χ0v) is 10.4. The highest BCUT2D eigenvalue weighted by Crippen LogP contribution is 2.31. The summed E-state index contributed by atoms with van der Waals surface area (Å²) in [6, 6.07) is 5.40. The lowest BCUT2D eigenvalue weighted by Gasteiger charge is -2.11. The Balaban J connectivity index is 2.59. The van der Waals surface area contributed by atoms with E-state index in [9.17, 15) is 26.4 Å². The van der Waals surface area contributed by atoms with E-state index in [2.05, 4.69) is 9.17 Å². The molecule has 0 N–H and O–H groups in total. The van der Waals surface area contributed by atoms with Gasteiger partial charge in [-0.05, 0) is 18.2 Å². The molecule has 1 aromatic carbocycles. The summed E-state index contributed by atoms with van der Waals surface area (Å²) >= 11 is 0. The second kappa shape index (κ2) is 4.75. The molecule has 0 atom stereocenters. The van der Waals surface area contributed by atoms with Crippen molar-refractivity contribution in [2.45, 2.75) is 5.51 Å². The van der Waals surface area contributed by atoms with E-state index < -0.39 is 21.4 Å². The second-order valence-electron chi connectivity index (χ2n) is 3.65. The van der Waals surface area contributed by atoms with E-state index in [1.807, 2.05) is 0 Å². The molecule has 0 aliphatic rings. The average Bonchev–Trinajstić information content (AvgIpc) is 2.36.